The van der Waals surface area contributed by atoms with Gasteiger partial charge in [0.05, 0.1) is 11.2 Å². The molecule has 1 aromatic heterocycles. The Morgan fingerprint density at radius 3 is 2.36 bits per heavy atom. The van der Waals surface area contributed by atoms with Gasteiger partial charge < -0.3 is 20.2 Å². The number of phenolic OH excluding ortho intramolecular Hbond substituents is 3. The molecule has 7 heteroatoms. The molecule has 0 unspecified atom stereocenters. The molecule has 0 fully saturated rings. The zero-order chi connectivity index (χ0) is 19.8. The predicted octanol–water partition coefficient (Wildman–Crippen LogP) is 4.83. The predicted molar refractivity (Wildman–Crippen MR) is 109 cm³/mol. The SMILES string of the molecule is CN(c1cc(O)cc(O)c1)c1ncc2cc(-c3cc(O)ccc3Cl)ccc2n1. The second kappa shape index (κ2) is 6.90. The molecule has 1 heterocycles. The van der Waals surface area contributed by atoms with E-state index >= 15 is 0 Å². The van der Waals surface area contributed by atoms with Crippen LogP contribution in [0.4, 0.5) is 11.6 Å². The van der Waals surface area contributed by atoms with Crippen molar-refractivity contribution in [3.8, 4) is 28.4 Å². The van der Waals surface area contributed by atoms with Gasteiger partial charge in [0, 0.05) is 47.4 Å². The van der Waals surface area contributed by atoms with Crippen molar-refractivity contribution >= 4 is 34.1 Å². The molecule has 0 bridgehead atoms. The first-order valence-electron chi connectivity index (χ1n) is 8.43. The average Bonchev–Trinajstić information content (AvgIpc) is 2.67. The van der Waals surface area contributed by atoms with Crippen molar-refractivity contribution in [3.63, 3.8) is 0 Å². The van der Waals surface area contributed by atoms with E-state index in [0.29, 0.717) is 16.7 Å². The summed E-state index contributed by atoms with van der Waals surface area (Å²) in [5.41, 5.74) is 2.84. The van der Waals surface area contributed by atoms with Gasteiger partial charge in [-0.25, -0.2) is 9.97 Å². The quantitative estimate of drug-likeness (QED) is 0.461. The van der Waals surface area contributed by atoms with Crippen molar-refractivity contribution in [3.05, 3.63) is 65.8 Å². The van der Waals surface area contributed by atoms with Crippen LogP contribution in [0.3, 0.4) is 0 Å². The van der Waals surface area contributed by atoms with Gasteiger partial charge in [0.15, 0.2) is 0 Å². The topological polar surface area (TPSA) is 89.7 Å². The highest BCUT2D eigenvalue weighted by molar-refractivity contribution is 6.33. The largest absolute Gasteiger partial charge is 0.508 e. The molecule has 4 aromatic rings. The molecule has 0 spiro atoms. The minimum Gasteiger partial charge on any atom is -0.508 e. The van der Waals surface area contributed by atoms with Gasteiger partial charge in [-0.15, -0.1) is 0 Å². The summed E-state index contributed by atoms with van der Waals surface area (Å²) in [5, 5.41) is 30.5. The molecule has 0 aliphatic rings. The second-order valence-corrected chi connectivity index (χ2v) is 6.78. The lowest BCUT2D eigenvalue weighted by molar-refractivity contribution is 0.451. The van der Waals surface area contributed by atoms with Gasteiger partial charge in [-0.3, -0.25) is 0 Å². The maximum absolute atomic E-state index is 9.73. The lowest BCUT2D eigenvalue weighted by atomic mass is 10.0. The smallest absolute Gasteiger partial charge is 0.230 e. The van der Waals surface area contributed by atoms with Gasteiger partial charge in [0.25, 0.3) is 0 Å². The number of halogens is 1. The van der Waals surface area contributed by atoms with E-state index in [-0.39, 0.29) is 17.2 Å². The van der Waals surface area contributed by atoms with Crippen LogP contribution in [0.1, 0.15) is 0 Å². The molecular weight excluding hydrogens is 378 g/mol. The molecule has 3 N–H and O–H groups in total. The maximum Gasteiger partial charge on any atom is 0.230 e. The molecule has 4 rings (SSSR count). The Labute approximate surface area is 165 Å². The minimum absolute atomic E-state index is 0.0460. The van der Waals surface area contributed by atoms with Crippen molar-refractivity contribution in [2.24, 2.45) is 0 Å². The fourth-order valence-electron chi connectivity index (χ4n) is 2.98. The lowest BCUT2D eigenvalue weighted by Gasteiger charge is -2.18. The molecule has 0 atom stereocenters. The molecule has 0 saturated carbocycles. The molecule has 140 valence electrons. The molecule has 0 radical (unpaired) electrons. The van der Waals surface area contributed by atoms with Gasteiger partial charge in [-0.2, -0.15) is 0 Å². The third kappa shape index (κ3) is 3.37. The first-order valence-corrected chi connectivity index (χ1v) is 8.81. The van der Waals surface area contributed by atoms with Crippen LogP contribution >= 0.6 is 11.6 Å². The van der Waals surface area contributed by atoms with Crippen molar-refractivity contribution < 1.29 is 15.3 Å². The summed E-state index contributed by atoms with van der Waals surface area (Å²) in [6, 6.07) is 14.7. The Hall–Kier alpha value is -3.51. The highest BCUT2D eigenvalue weighted by Gasteiger charge is 2.12. The number of hydrogen-bond donors (Lipinski definition) is 3. The summed E-state index contributed by atoms with van der Waals surface area (Å²) >= 11 is 6.25. The fourth-order valence-corrected chi connectivity index (χ4v) is 3.20. The number of anilines is 2. The van der Waals surface area contributed by atoms with E-state index in [1.807, 2.05) is 18.2 Å². The second-order valence-electron chi connectivity index (χ2n) is 6.37. The molecule has 0 saturated heterocycles. The molecule has 0 amide bonds. The number of hydrogen-bond acceptors (Lipinski definition) is 6. The van der Waals surface area contributed by atoms with E-state index in [2.05, 4.69) is 9.97 Å². The molecule has 28 heavy (non-hydrogen) atoms. The van der Waals surface area contributed by atoms with Gasteiger partial charge in [-0.05, 0) is 35.9 Å². The fraction of sp³-hybridized carbons (Fsp3) is 0.0476. The summed E-state index contributed by atoms with van der Waals surface area (Å²) in [4.78, 5) is 10.6. The molecular formula is C21H16ClN3O3. The van der Waals surface area contributed by atoms with E-state index in [1.165, 1.54) is 24.3 Å². The summed E-state index contributed by atoms with van der Waals surface area (Å²) in [5.74, 6) is 0.466. The third-order valence-electron chi connectivity index (χ3n) is 4.40. The van der Waals surface area contributed by atoms with Crippen LogP contribution in [0.5, 0.6) is 17.2 Å². The highest BCUT2D eigenvalue weighted by atomic mass is 35.5. The van der Waals surface area contributed by atoms with Crippen LogP contribution in [0, 0.1) is 0 Å². The zero-order valence-electron chi connectivity index (χ0n) is 14.8. The minimum atomic E-state index is -0.0460. The summed E-state index contributed by atoms with van der Waals surface area (Å²) in [6.45, 7) is 0. The van der Waals surface area contributed by atoms with Gasteiger partial charge in [0.1, 0.15) is 17.2 Å². The molecule has 6 nitrogen and oxygen atoms in total. The van der Waals surface area contributed by atoms with Crippen molar-refractivity contribution in [1.82, 2.24) is 9.97 Å². The van der Waals surface area contributed by atoms with E-state index < -0.39 is 0 Å². The Bertz CT molecular complexity index is 1180. The number of aromatic hydroxyl groups is 3. The number of rotatable bonds is 3. The van der Waals surface area contributed by atoms with Crippen LogP contribution in [-0.4, -0.2) is 32.3 Å². The summed E-state index contributed by atoms with van der Waals surface area (Å²) < 4.78 is 0. The number of nitrogens with zero attached hydrogens (tertiary/aromatic N) is 3. The molecule has 0 aliphatic carbocycles. The van der Waals surface area contributed by atoms with Crippen LogP contribution in [-0.2, 0) is 0 Å². The Morgan fingerprint density at radius 2 is 1.61 bits per heavy atom. The number of benzene rings is 3. The van der Waals surface area contributed by atoms with Crippen LogP contribution < -0.4 is 4.90 Å². The third-order valence-corrected chi connectivity index (χ3v) is 4.73. The number of fused-ring (bicyclic) bond motifs is 1. The van der Waals surface area contributed by atoms with Gasteiger partial charge in [-0.1, -0.05) is 17.7 Å². The van der Waals surface area contributed by atoms with E-state index in [9.17, 15) is 15.3 Å². The van der Waals surface area contributed by atoms with Gasteiger partial charge >= 0.3 is 0 Å². The van der Waals surface area contributed by atoms with Gasteiger partial charge in [0.2, 0.25) is 5.95 Å². The lowest BCUT2D eigenvalue weighted by Crippen LogP contribution is -2.12. The van der Waals surface area contributed by atoms with E-state index in [1.54, 1.807) is 30.3 Å². The standard InChI is InChI=1S/C21H16ClN3O3/c1-25(14-7-16(27)9-17(28)8-14)21-23-11-13-6-12(2-5-20(13)24-21)18-10-15(26)3-4-19(18)22/h2-11,26-28H,1H3. The first kappa shape index (κ1) is 17.9. The Kier molecular flexibility index (Phi) is 4.41. The Morgan fingerprint density at radius 1 is 0.857 bits per heavy atom. The summed E-state index contributed by atoms with van der Waals surface area (Å²) in [7, 11) is 1.75. The van der Waals surface area contributed by atoms with Crippen LogP contribution in [0.15, 0.2) is 60.8 Å². The monoisotopic (exact) mass is 393 g/mol. The molecule has 3 aromatic carbocycles. The number of phenols is 3. The normalized spacial score (nSPS) is 10.9. The average molecular weight is 394 g/mol. The first-order chi connectivity index (χ1) is 13.4. The van der Waals surface area contributed by atoms with Crippen LogP contribution in [0.25, 0.3) is 22.0 Å². The molecule has 0 aliphatic heterocycles. The highest BCUT2D eigenvalue weighted by Crippen LogP contribution is 2.33. The Balaban J connectivity index is 1.73. The summed E-state index contributed by atoms with van der Waals surface area (Å²) in [6.07, 6.45) is 1.69. The zero-order valence-corrected chi connectivity index (χ0v) is 15.6. The van der Waals surface area contributed by atoms with Crippen molar-refractivity contribution in [1.29, 1.82) is 0 Å². The van der Waals surface area contributed by atoms with Crippen molar-refractivity contribution in [2.75, 3.05) is 11.9 Å². The van der Waals surface area contributed by atoms with Crippen LogP contribution in [0.2, 0.25) is 5.02 Å². The van der Waals surface area contributed by atoms with E-state index in [0.717, 1.165) is 22.0 Å². The van der Waals surface area contributed by atoms with Crippen molar-refractivity contribution in [2.45, 2.75) is 0 Å². The van der Waals surface area contributed by atoms with E-state index in [4.69, 9.17) is 11.6 Å². The number of aromatic nitrogens is 2. The maximum atomic E-state index is 9.73.